The molecule has 2 N–H and O–H groups in total. The Morgan fingerprint density at radius 1 is 0.913 bits per heavy atom. The summed E-state index contributed by atoms with van der Waals surface area (Å²) in [6.07, 6.45) is 7.34. The fourth-order valence-electron chi connectivity index (χ4n) is 5.54. The Morgan fingerprint density at radius 3 is 1.87 bits per heavy atom. The first kappa shape index (κ1) is 16.6. The number of urea groups is 1. The Bertz CT molecular complexity index is 424. The molecule has 23 heavy (non-hydrogen) atoms. The zero-order valence-electron chi connectivity index (χ0n) is 14.6. The molecule has 0 saturated heterocycles. The fourth-order valence-corrected chi connectivity index (χ4v) is 5.54. The fraction of sp³-hybridized carbons (Fsp3) is 0.889. The molecule has 3 amide bonds. The zero-order valence-corrected chi connectivity index (χ0v) is 14.6. The van der Waals surface area contributed by atoms with Crippen LogP contribution in [-0.4, -0.2) is 43.0 Å². The van der Waals surface area contributed by atoms with Gasteiger partial charge in [-0.25, -0.2) is 4.79 Å². The Balaban J connectivity index is 1.44. The van der Waals surface area contributed by atoms with Crippen LogP contribution < -0.4 is 10.6 Å². The molecule has 4 bridgehead atoms. The van der Waals surface area contributed by atoms with E-state index in [1.165, 1.54) is 19.3 Å². The molecule has 0 aliphatic heterocycles. The van der Waals surface area contributed by atoms with Gasteiger partial charge in [-0.15, -0.1) is 0 Å². The number of nitrogens with zero attached hydrogens (tertiary/aromatic N) is 1. The van der Waals surface area contributed by atoms with Gasteiger partial charge in [-0.05, 0) is 70.1 Å². The lowest BCUT2D eigenvalue weighted by atomic mass is 9.49. The number of amides is 3. The minimum Gasteiger partial charge on any atom is -0.354 e. The van der Waals surface area contributed by atoms with E-state index in [4.69, 9.17) is 0 Å². The second kappa shape index (κ2) is 6.70. The summed E-state index contributed by atoms with van der Waals surface area (Å²) in [5, 5.41) is 5.98. The summed E-state index contributed by atoms with van der Waals surface area (Å²) in [6.45, 7) is 6.40. The second-order valence-corrected chi connectivity index (χ2v) is 7.86. The average Bonchev–Trinajstić information content (AvgIpc) is 2.51. The molecule has 4 fully saturated rings. The lowest BCUT2D eigenvalue weighted by Crippen LogP contribution is -2.54. The third-order valence-electron chi connectivity index (χ3n) is 6.26. The van der Waals surface area contributed by atoms with Gasteiger partial charge in [0, 0.05) is 31.6 Å². The quantitative estimate of drug-likeness (QED) is 0.738. The zero-order chi connectivity index (χ0) is 16.4. The van der Waals surface area contributed by atoms with Gasteiger partial charge < -0.3 is 15.5 Å². The van der Waals surface area contributed by atoms with Crippen molar-refractivity contribution in [1.82, 2.24) is 15.5 Å². The lowest BCUT2D eigenvalue weighted by molar-refractivity contribution is -0.146. The molecule has 0 aromatic rings. The van der Waals surface area contributed by atoms with Crippen LogP contribution in [0.25, 0.3) is 0 Å². The molecule has 5 nitrogen and oxygen atoms in total. The van der Waals surface area contributed by atoms with E-state index in [9.17, 15) is 9.59 Å². The number of nitrogens with one attached hydrogen (secondary N) is 2. The molecule has 0 unspecified atom stereocenters. The van der Waals surface area contributed by atoms with Crippen molar-refractivity contribution in [2.75, 3.05) is 26.2 Å². The van der Waals surface area contributed by atoms with E-state index >= 15 is 0 Å². The molecule has 4 saturated carbocycles. The molecule has 0 aromatic carbocycles. The first-order valence-corrected chi connectivity index (χ1v) is 9.37. The highest BCUT2D eigenvalue weighted by molar-refractivity contribution is 5.83. The van der Waals surface area contributed by atoms with E-state index in [0.717, 1.165) is 37.0 Å². The molecule has 4 rings (SSSR count). The molecule has 0 radical (unpaired) electrons. The van der Waals surface area contributed by atoms with Crippen molar-refractivity contribution in [3.05, 3.63) is 0 Å². The van der Waals surface area contributed by atoms with Crippen molar-refractivity contribution in [1.29, 1.82) is 0 Å². The van der Waals surface area contributed by atoms with Gasteiger partial charge in [0.1, 0.15) is 0 Å². The van der Waals surface area contributed by atoms with Crippen LogP contribution in [0.5, 0.6) is 0 Å². The predicted octanol–water partition coefficient (Wildman–Crippen LogP) is 2.37. The SMILES string of the molecule is CCN(CC)C(=O)NCCNC(=O)C12CC3CC(CC(C3)C1)C2. The second-order valence-electron chi connectivity index (χ2n) is 7.86. The van der Waals surface area contributed by atoms with Gasteiger partial charge in [-0.1, -0.05) is 0 Å². The predicted molar refractivity (Wildman–Crippen MR) is 89.9 cm³/mol. The third-order valence-corrected chi connectivity index (χ3v) is 6.26. The third kappa shape index (κ3) is 3.33. The molecule has 4 aliphatic carbocycles. The van der Waals surface area contributed by atoms with E-state index in [2.05, 4.69) is 10.6 Å². The van der Waals surface area contributed by atoms with Crippen molar-refractivity contribution in [2.24, 2.45) is 23.2 Å². The molecule has 0 aromatic heterocycles. The topological polar surface area (TPSA) is 61.4 Å². The van der Waals surface area contributed by atoms with Crippen molar-refractivity contribution < 1.29 is 9.59 Å². The van der Waals surface area contributed by atoms with Crippen LogP contribution >= 0.6 is 0 Å². The summed E-state index contributed by atoms with van der Waals surface area (Å²) in [7, 11) is 0. The highest BCUT2D eigenvalue weighted by atomic mass is 16.2. The van der Waals surface area contributed by atoms with Crippen LogP contribution in [0.1, 0.15) is 52.4 Å². The first-order chi connectivity index (χ1) is 11.1. The summed E-state index contributed by atoms with van der Waals surface area (Å²) < 4.78 is 0. The van der Waals surface area contributed by atoms with Crippen LogP contribution in [-0.2, 0) is 4.79 Å². The maximum absolute atomic E-state index is 12.8. The first-order valence-electron chi connectivity index (χ1n) is 9.37. The molecule has 4 aliphatic rings. The van der Waals surface area contributed by atoms with Crippen molar-refractivity contribution >= 4 is 11.9 Å². The van der Waals surface area contributed by atoms with Gasteiger partial charge in [0.15, 0.2) is 0 Å². The van der Waals surface area contributed by atoms with Crippen LogP contribution in [0.15, 0.2) is 0 Å². The minimum atomic E-state index is -0.0857. The summed E-state index contributed by atoms with van der Waals surface area (Å²) in [5.74, 6) is 2.60. The minimum absolute atomic E-state index is 0.0425. The lowest BCUT2D eigenvalue weighted by Gasteiger charge is -2.55. The summed E-state index contributed by atoms with van der Waals surface area (Å²) in [4.78, 5) is 26.4. The number of carbonyl (C=O) groups is 2. The average molecular weight is 321 g/mol. The molecule has 0 spiro atoms. The molecule has 130 valence electrons. The number of hydrogen-bond donors (Lipinski definition) is 2. The molecular formula is C18H31N3O2. The van der Waals surface area contributed by atoms with E-state index in [0.29, 0.717) is 26.2 Å². The van der Waals surface area contributed by atoms with Crippen LogP contribution in [0, 0.1) is 23.2 Å². The highest BCUT2D eigenvalue weighted by Gasteiger charge is 2.54. The Hall–Kier alpha value is -1.26. The van der Waals surface area contributed by atoms with E-state index < -0.39 is 0 Å². The number of carbonyl (C=O) groups excluding carboxylic acids is 2. The summed E-state index contributed by atoms with van der Waals surface area (Å²) in [6, 6.07) is -0.0425. The molecular weight excluding hydrogens is 290 g/mol. The summed E-state index contributed by atoms with van der Waals surface area (Å²) in [5.41, 5.74) is -0.0857. The van der Waals surface area contributed by atoms with Crippen LogP contribution in [0.4, 0.5) is 4.79 Å². The molecule has 5 heteroatoms. The smallest absolute Gasteiger partial charge is 0.317 e. The maximum Gasteiger partial charge on any atom is 0.317 e. The monoisotopic (exact) mass is 321 g/mol. The van der Waals surface area contributed by atoms with Gasteiger partial charge in [0.05, 0.1) is 0 Å². The van der Waals surface area contributed by atoms with Gasteiger partial charge >= 0.3 is 6.03 Å². The van der Waals surface area contributed by atoms with Gasteiger partial charge in [0.2, 0.25) is 5.91 Å². The largest absolute Gasteiger partial charge is 0.354 e. The van der Waals surface area contributed by atoms with Crippen molar-refractivity contribution in [3.63, 3.8) is 0 Å². The van der Waals surface area contributed by atoms with Crippen molar-refractivity contribution in [2.45, 2.75) is 52.4 Å². The molecule has 0 heterocycles. The number of hydrogen-bond acceptors (Lipinski definition) is 2. The Kier molecular flexibility index (Phi) is 4.83. The maximum atomic E-state index is 12.8. The molecule has 0 atom stereocenters. The number of rotatable bonds is 6. The van der Waals surface area contributed by atoms with Gasteiger partial charge in [-0.2, -0.15) is 0 Å². The summed E-state index contributed by atoms with van der Waals surface area (Å²) >= 11 is 0. The van der Waals surface area contributed by atoms with Gasteiger partial charge in [-0.3, -0.25) is 4.79 Å². The van der Waals surface area contributed by atoms with Crippen molar-refractivity contribution in [3.8, 4) is 0 Å². The Morgan fingerprint density at radius 2 is 1.39 bits per heavy atom. The Labute approximate surface area is 139 Å². The van der Waals surface area contributed by atoms with E-state index in [1.54, 1.807) is 4.90 Å². The normalized spacial score (nSPS) is 34.3. The highest BCUT2D eigenvalue weighted by Crippen LogP contribution is 2.60. The van der Waals surface area contributed by atoms with E-state index in [-0.39, 0.29) is 17.4 Å². The van der Waals surface area contributed by atoms with Crippen LogP contribution in [0.3, 0.4) is 0 Å². The standard InChI is InChI=1S/C18H31N3O2/c1-3-21(4-2)17(23)20-6-5-19-16(22)18-10-13-7-14(11-18)9-15(8-13)12-18/h13-15H,3-12H2,1-2H3,(H,19,22)(H,20,23). The van der Waals surface area contributed by atoms with E-state index in [1.807, 2.05) is 13.8 Å². The van der Waals surface area contributed by atoms with Crippen LogP contribution in [0.2, 0.25) is 0 Å². The van der Waals surface area contributed by atoms with Gasteiger partial charge in [0.25, 0.3) is 0 Å².